The molecule has 1 heterocycles. The highest BCUT2D eigenvalue weighted by Gasteiger charge is 2.30. The first-order valence-corrected chi connectivity index (χ1v) is 7.87. The molecular formula is C15H29N3O. The van der Waals surface area contributed by atoms with Gasteiger partial charge in [0.25, 0.3) is 0 Å². The third kappa shape index (κ3) is 3.93. The van der Waals surface area contributed by atoms with Gasteiger partial charge >= 0.3 is 0 Å². The van der Waals surface area contributed by atoms with Crippen LogP contribution in [0.1, 0.15) is 52.4 Å². The molecule has 2 rings (SSSR count). The fourth-order valence-electron chi connectivity index (χ4n) is 3.55. The average molecular weight is 267 g/mol. The standard InChI is InChI=1S/C15H29N3O/c1-12(2)18(14-6-4-3-5-7-14)15(19)11-17-9-8-13(16)10-17/h12-14H,3-11,16H2,1-2H3/t13-/m1/s1. The summed E-state index contributed by atoms with van der Waals surface area (Å²) in [7, 11) is 0. The zero-order valence-electron chi connectivity index (χ0n) is 12.5. The van der Waals surface area contributed by atoms with Gasteiger partial charge in [-0.3, -0.25) is 9.69 Å². The fourth-order valence-corrected chi connectivity index (χ4v) is 3.55. The number of likely N-dealkylation sites (tertiary alicyclic amines) is 1. The van der Waals surface area contributed by atoms with E-state index in [2.05, 4.69) is 23.6 Å². The second kappa shape index (κ2) is 6.71. The highest BCUT2D eigenvalue weighted by Crippen LogP contribution is 2.24. The van der Waals surface area contributed by atoms with Crippen LogP contribution in [0.4, 0.5) is 0 Å². The monoisotopic (exact) mass is 267 g/mol. The van der Waals surface area contributed by atoms with Gasteiger partial charge in [-0.25, -0.2) is 0 Å². The summed E-state index contributed by atoms with van der Waals surface area (Å²) < 4.78 is 0. The third-order valence-electron chi connectivity index (χ3n) is 4.48. The van der Waals surface area contributed by atoms with Crippen molar-refractivity contribution in [3.05, 3.63) is 0 Å². The van der Waals surface area contributed by atoms with Gasteiger partial charge in [-0.05, 0) is 33.1 Å². The molecule has 4 nitrogen and oxygen atoms in total. The Hall–Kier alpha value is -0.610. The topological polar surface area (TPSA) is 49.6 Å². The van der Waals surface area contributed by atoms with E-state index in [4.69, 9.17) is 5.73 Å². The quantitative estimate of drug-likeness (QED) is 0.841. The van der Waals surface area contributed by atoms with Crippen molar-refractivity contribution in [2.75, 3.05) is 19.6 Å². The minimum Gasteiger partial charge on any atom is -0.336 e. The molecule has 0 unspecified atom stereocenters. The van der Waals surface area contributed by atoms with Crippen LogP contribution in [-0.2, 0) is 4.79 Å². The van der Waals surface area contributed by atoms with E-state index in [1.54, 1.807) is 0 Å². The number of amides is 1. The first-order valence-electron chi connectivity index (χ1n) is 7.87. The number of nitrogens with zero attached hydrogens (tertiary/aromatic N) is 2. The first kappa shape index (κ1) is 14.8. The van der Waals surface area contributed by atoms with Crippen molar-refractivity contribution in [2.45, 2.75) is 70.5 Å². The molecular weight excluding hydrogens is 238 g/mol. The van der Waals surface area contributed by atoms with Crippen LogP contribution < -0.4 is 5.73 Å². The van der Waals surface area contributed by atoms with E-state index in [-0.39, 0.29) is 6.04 Å². The predicted molar refractivity (Wildman–Crippen MR) is 77.9 cm³/mol. The van der Waals surface area contributed by atoms with Crippen molar-refractivity contribution in [1.82, 2.24) is 9.80 Å². The van der Waals surface area contributed by atoms with Crippen LogP contribution in [0.5, 0.6) is 0 Å². The van der Waals surface area contributed by atoms with Gasteiger partial charge in [-0.1, -0.05) is 19.3 Å². The highest BCUT2D eigenvalue weighted by molar-refractivity contribution is 5.79. The molecule has 110 valence electrons. The summed E-state index contributed by atoms with van der Waals surface area (Å²) in [4.78, 5) is 16.9. The SMILES string of the molecule is CC(C)N(C(=O)CN1CC[C@@H](N)C1)C1CCCCC1. The minimum atomic E-state index is 0.259. The molecule has 1 saturated heterocycles. The molecule has 0 aromatic carbocycles. The number of carbonyl (C=O) groups excluding carboxylic acids is 1. The molecule has 0 spiro atoms. The molecule has 1 aliphatic heterocycles. The molecule has 2 fully saturated rings. The molecule has 0 aromatic rings. The van der Waals surface area contributed by atoms with E-state index >= 15 is 0 Å². The molecule has 2 aliphatic rings. The highest BCUT2D eigenvalue weighted by atomic mass is 16.2. The summed E-state index contributed by atoms with van der Waals surface area (Å²) >= 11 is 0. The van der Waals surface area contributed by atoms with Crippen molar-refractivity contribution in [1.29, 1.82) is 0 Å². The van der Waals surface area contributed by atoms with Crippen LogP contribution in [-0.4, -0.2) is 53.5 Å². The Morgan fingerprint density at radius 3 is 2.47 bits per heavy atom. The first-order chi connectivity index (χ1) is 9.08. The average Bonchev–Trinajstić information content (AvgIpc) is 2.75. The second-order valence-electron chi connectivity index (χ2n) is 6.47. The number of hydrogen-bond donors (Lipinski definition) is 1. The Bertz CT molecular complexity index is 300. The summed E-state index contributed by atoms with van der Waals surface area (Å²) in [5.74, 6) is 0.302. The van der Waals surface area contributed by atoms with Crippen LogP contribution in [0.25, 0.3) is 0 Å². The molecule has 1 saturated carbocycles. The molecule has 1 aliphatic carbocycles. The Morgan fingerprint density at radius 2 is 1.95 bits per heavy atom. The summed E-state index contributed by atoms with van der Waals surface area (Å²) in [6.45, 7) is 6.69. The Labute approximate surface area is 117 Å². The second-order valence-corrected chi connectivity index (χ2v) is 6.47. The smallest absolute Gasteiger partial charge is 0.237 e. The third-order valence-corrected chi connectivity index (χ3v) is 4.48. The lowest BCUT2D eigenvalue weighted by Crippen LogP contribution is -2.49. The summed E-state index contributed by atoms with van der Waals surface area (Å²) in [6, 6.07) is 1.04. The Morgan fingerprint density at radius 1 is 1.26 bits per heavy atom. The van der Waals surface area contributed by atoms with E-state index in [1.807, 2.05) is 0 Å². The lowest BCUT2D eigenvalue weighted by molar-refractivity contribution is -0.137. The number of hydrogen-bond acceptors (Lipinski definition) is 3. The molecule has 1 atom stereocenters. The maximum atomic E-state index is 12.6. The number of rotatable bonds is 4. The molecule has 2 N–H and O–H groups in total. The summed E-state index contributed by atoms with van der Waals surface area (Å²) in [5.41, 5.74) is 5.91. The Kier molecular flexibility index (Phi) is 5.22. The molecule has 1 amide bonds. The fraction of sp³-hybridized carbons (Fsp3) is 0.933. The molecule has 0 aromatic heterocycles. The van der Waals surface area contributed by atoms with Crippen molar-refractivity contribution >= 4 is 5.91 Å². The lowest BCUT2D eigenvalue weighted by Gasteiger charge is -2.38. The van der Waals surface area contributed by atoms with E-state index < -0.39 is 0 Å². The number of nitrogens with two attached hydrogens (primary N) is 1. The predicted octanol–water partition coefficient (Wildman–Crippen LogP) is 1.59. The van der Waals surface area contributed by atoms with Gasteiger partial charge in [0.05, 0.1) is 6.54 Å². The van der Waals surface area contributed by atoms with Crippen LogP contribution in [0.2, 0.25) is 0 Å². The maximum Gasteiger partial charge on any atom is 0.237 e. The van der Waals surface area contributed by atoms with E-state index in [0.29, 0.717) is 24.5 Å². The van der Waals surface area contributed by atoms with Crippen LogP contribution >= 0.6 is 0 Å². The minimum absolute atomic E-state index is 0.259. The van der Waals surface area contributed by atoms with Gasteiger partial charge in [0.1, 0.15) is 0 Å². The van der Waals surface area contributed by atoms with Crippen LogP contribution in [0.15, 0.2) is 0 Å². The van der Waals surface area contributed by atoms with Crippen LogP contribution in [0, 0.1) is 0 Å². The summed E-state index contributed by atoms with van der Waals surface area (Å²) in [5, 5.41) is 0. The van der Waals surface area contributed by atoms with Gasteiger partial charge in [0.2, 0.25) is 5.91 Å². The van der Waals surface area contributed by atoms with E-state index in [9.17, 15) is 4.79 Å². The normalized spacial score (nSPS) is 26.0. The van der Waals surface area contributed by atoms with Gasteiger partial charge in [0.15, 0.2) is 0 Å². The maximum absolute atomic E-state index is 12.6. The summed E-state index contributed by atoms with van der Waals surface area (Å²) in [6.07, 6.45) is 7.27. The van der Waals surface area contributed by atoms with Crippen molar-refractivity contribution < 1.29 is 4.79 Å². The van der Waals surface area contributed by atoms with Crippen molar-refractivity contribution in [3.63, 3.8) is 0 Å². The van der Waals surface area contributed by atoms with Crippen molar-refractivity contribution in [3.8, 4) is 0 Å². The van der Waals surface area contributed by atoms with Gasteiger partial charge < -0.3 is 10.6 Å². The number of carbonyl (C=O) groups is 1. The molecule has 0 radical (unpaired) electrons. The largest absolute Gasteiger partial charge is 0.336 e. The molecule has 4 heteroatoms. The Balaban J connectivity index is 1.92. The van der Waals surface area contributed by atoms with E-state index in [0.717, 1.165) is 19.5 Å². The van der Waals surface area contributed by atoms with Gasteiger partial charge in [-0.2, -0.15) is 0 Å². The van der Waals surface area contributed by atoms with E-state index in [1.165, 1.54) is 32.1 Å². The molecule has 0 bridgehead atoms. The lowest BCUT2D eigenvalue weighted by atomic mass is 9.93. The van der Waals surface area contributed by atoms with Gasteiger partial charge in [-0.15, -0.1) is 0 Å². The molecule has 19 heavy (non-hydrogen) atoms. The van der Waals surface area contributed by atoms with Gasteiger partial charge in [0, 0.05) is 31.2 Å². The zero-order valence-corrected chi connectivity index (χ0v) is 12.5. The van der Waals surface area contributed by atoms with Crippen molar-refractivity contribution in [2.24, 2.45) is 5.73 Å². The van der Waals surface area contributed by atoms with Crippen LogP contribution in [0.3, 0.4) is 0 Å². The zero-order chi connectivity index (χ0) is 13.8.